The zero-order chi connectivity index (χ0) is 25.0. The standard InChI is InChI=1S/C27H37N3O4S/c1-21(2)22-5-11-26(12-6-22)35(32,33)30-17-13-23(14-18-30)27(31)29-16-4-15-28(19-20-29)24-7-9-25(34-3)10-8-24/h5-12,21,23H,4,13-20H2,1-3H3. The lowest BCUT2D eigenvalue weighted by Gasteiger charge is -2.33. The molecule has 2 saturated heterocycles. The Morgan fingerprint density at radius 1 is 0.886 bits per heavy atom. The quantitative estimate of drug-likeness (QED) is 0.602. The van der Waals surface area contributed by atoms with Crippen molar-refractivity contribution in [2.45, 2.75) is 43.9 Å². The predicted octanol–water partition coefficient (Wildman–Crippen LogP) is 3.96. The number of piperidine rings is 1. The van der Waals surface area contributed by atoms with Gasteiger partial charge in [0.2, 0.25) is 15.9 Å². The van der Waals surface area contributed by atoms with Gasteiger partial charge < -0.3 is 14.5 Å². The number of carbonyl (C=O) groups is 1. The molecule has 0 saturated carbocycles. The minimum absolute atomic E-state index is 0.114. The number of benzene rings is 2. The Bertz CT molecular complexity index is 1090. The average molecular weight is 500 g/mol. The number of nitrogens with zero attached hydrogens (tertiary/aromatic N) is 3. The maximum absolute atomic E-state index is 13.3. The van der Waals surface area contributed by atoms with Gasteiger partial charge in [0, 0.05) is 50.9 Å². The van der Waals surface area contributed by atoms with E-state index in [0.717, 1.165) is 43.1 Å². The van der Waals surface area contributed by atoms with Crippen LogP contribution in [-0.4, -0.2) is 69.9 Å². The number of anilines is 1. The molecule has 2 fully saturated rings. The van der Waals surface area contributed by atoms with Gasteiger partial charge in [-0.15, -0.1) is 0 Å². The van der Waals surface area contributed by atoms with Gasteiger partial charge in [-0.05, 0) is 67.1 Å². The van der Waals surface area contributed by atoms with Crippen molar-refractivity contribution < 1.29 is 17.9 Å². The second kappa shape index (κ2) is 11.0. The summed E-state index contributed by atoms with van der Waals surface area (Å²) >= 11 is 0. The van der Waals surface area contributed by atoms with Crippen molar-refractivity contribution in [3.63, 3.8) is 0 Å². The zero-order valence-electron chi connectivity index (χ0n) is 21.0. The summed E-state index contributed by atoms with van der Waals surface area (Å²) in [4.78, 5) is 17.9. The van der Waals surface area contributed by atoms with Gasteiger partial charge in [0.1, 0.15) is 5.75 Å². The number of rotatable bonds is 6. The van der Waals surface area contributed by atoms with Crippen LogP contribution in [0.15, 0.2) is 53.4 Å². The lowest BCUT2D eigenvalue weighted by atomic mass is 9.96. The minimum atomic E-state index is -3.53. The van der Waals surface area contributed by atoms with Crippen molar-refractivity contribution in [3.05, 3.63) is 54.1 Å². The van der Waals surface area contributed by atoms with Crippen LogP contribution in [0.1, 0.15) is 44.6 Å². The second-order valence-electron chi connectivity index (χ2n) is 9.77. The largest absolute Gasteiger partial charge is 0.497 e. The van der Waals surface area contributed by atoms with Crippen molar-refractivity contribution >= 4 is 21.6 Å². The number of amides is 1. The summed E-state index contributed by atoms with van der Waals surface area (Å²) in [6.07, 6.45) is 2.05. The van der Waals surface area contributed by atoms with Crippen LogP contribution in [0, 0.1) is 5.92 Å². The number of sulfonamides is 1. The van der Waals surface area contributed by atoms with Crippen molar-refractivity contribution in [1.29, 1.82) is 0 Å². The van der Waals surface area contributed by atoms with Crippen molar-refractivity contribution in [1.82, 2.24) is 9.21 Å². The van der Waals surface area contributed by atoms with E-state index in [9.17, 15) is 13.2 Å². The molecule has 0 aromatic heterocycles. The van der Waals surface area contributed by atoms with Crippen LogP contribution >= 0.6 is 0 Å². The van der Waals surface area contributed by atoms with E-state index in [2.05, 4.69) is 30.9 Å². The fraction of sp³-hybridized carbons (Fsp3) is 0.519. The molecule has 0 spiro atoms. The molecule has 2 aliphatic rings. The van der Waals surface area contributed by atoms with Crippen LogP contribution in [0.3, 0.4) is 0 Å². The molecule has 35 heavy (non-hydrogen) atoms. The van der Waals surface area contributed by atoms with Crippen LogP contribution in [0.2, 0.25) is 0 Å². The fourth-order valence-electron chi connectivity index (χ4n) is 4.96. The molecule has 2 aliphatic heterocycles. The predicted molar refractivity (Wildman–Crippen MR) is 138 cm³/mol. The third-order valence-corrected chi connectivity index (χ3v) is 9.15. The maximum Gasteiger partial charge on any atom is 0.243 e. The van der Waals surface area contributed by atoms with Crippen LogP contribution < -0.4 is 9.64 Å². The Balaban J connectivity index is 1.32. The third kappa shape index (κ3) is 5.81. The van der Waals surface area contributed by atoms with E-state index in [1.54, 1.807) is 19.2 Å². The van der Waals surface area contributed by atoms with Crippen molar-refractivity contribution in [3.8, 4) is 5.75 Å². The van der Waals surface area contributed by atoms with Crippen molar-refractivity contribution in [2.24, 2.45) is 5.92 Å². The summed E-state index contributed by atoms with van der Waals surface area (Å²) in [6, 6.07) is 15.2. The van der Waals surface area contributed by atoms with Gasteiger partial charge in [-0.2, -0.15) is 4.31 Å². The van der Waals surface area contributed by atoms with E-state index < -0.39 is 10.0 Å². The number of hydrogen-bond acceptors (Lipinski definition) is 5. The molecule has 0 atom stereocenters. The molecule has 0 radical (unpaired) electrons. The second-order valence-corrected chi connectivity index (χ2v) is 11.7. The third-order valence-electron chi connectivity index (χ3n) is 7.23. The highest BCUT2D eigenvalue weighted by atomic mass is 32.2. The molecule has 2 aromatic carbocycles. The normalized spacial score (nSPS) is 18.5. The van der Waals surface area contributed by atoms with E-state index in [-0.39, 0.29) is 11.8 Å². The van der Waals surface area contributed by atoms with E-state index in [4.69, 9.17) is 4.74 Å². The highest BCUT2D eigenvalue weighted by Gasteiger charge is 2.34. The van der Waals surface area contributed by atoms with Gasteiger partial charge >= 0.3 is 0 Å². The first-order valence-corrected chi connectivity index (χ1v) is 14.0. The van der Waals surface area contributed by atoms with Gasteiger partial charge in [0.05, 0.1) is 12.0 Å². The van der Waals surface area contributed by atoms with Crippen LogP contribution in [0.25, 0.3) is 0 Å². The SMILES string of the molecule is COc1ccc(N2CCCN(C(=O)C3CCN(S(=O)(=O)c4ccc(C(C)C)cc4)CC3)CC2)cc1. The Hall–Kier alpha value is -2.58. The first-order chi connectivity index (χ1) is 16.8. The summed E-state index contributed by atoms with van der Waals surface area (Å²) in [7, 11) is -1.87. The number of carbonyl (C=O) groups excluding carboxylic acids is 1. The van der Waals surface area contributed by atoms with Gasteiger partial charge in [-0.25, -0.2) is 8.42 Å². The maximum atomic E-state index is 13.3. The highest BCUT2D eigenvalue weighted by Crippen LogP contribution is 2.27. The number of methoxy groups -OCH3 is 1. The fourth-order valence-corrected chi connectivity index (χ4v) is 6.43. The summed E-state index contributed by atoms with van der Waals surface area (Å²) in [6.45, 7) is 8.07. The van der Waals surface area contributed by atoms with Gasteiger partial charge in [-0.1, -0.05) is 26.0 Å². The Labute approximate surface area is 209 Å². The van der Waals surface area contributed by atoms with Gasteiger partial charge in [-0.3, -0.25) is 4.79 Å². The molecule has 0 N–H and O–H groups in total. The first kappa shape index (κ1) is 25.5. The lowest BCUT2D eigenvalue weighted by molar-refractivity contribution is -0.136. The monoisotopic (exact) mass is 499 g/mol. The number of hydrogen-bond donors (Lipinski definition) is 0. The zero-order valence-corrected chi connectivity index (χ0v) is 21.8. The molecular weight excluding hydrogens is 462 g/mol. The molecule has 7 nitrogen and oxygen atoms in total. The van der Waals surface area contributed by atoms with Crippen LogP contribution in [-0.2, 0) is 14.8 Å². The van der Waals surface area contributed by atoms with Gasteiger partial charge in [0.15, 0.2) is 0 Å². The molecular formula is C27H37N3O4S. The van der Waals surface area contributed by atoms with Gasteiger partial charge in [0.25, 0.3) is 0 Å². The highest BCUT2D eigenvalue weighted by molar-refractivity contribution is 7.89. The summed E-state index contributed by atoms with van der Waals surface area (Å²) < 4.78 is 33.0. The Kier molecular flexibility index (Phi) is 8.02. The summed E-state index contributed by atoms with van der Waals surface area (Å²) in [5.74, 6) is 1.24. The molecule has 0 unspecified atom stereocenters. The van der Waals surface area contributed by atoms with E-state index in [0.29, 0.717) is 43.3 Å². The average Bonchev–Trinajstić information content (AvgIpc) is 3.15. The minimum Gasteiger partial charge on any atom is -0.497 e. The molecule has 190 valence electrons. The molecule has 4 rings (SSSR count). The van der Waals surface area contributed by atoms with E-state index >= 15 is 0 Å². The van der Waals surface area contributed by atoms with Crippen LogP contribution in [0.4, 0.5) is 5.69 Å². The number of ether oxygens (including phenoxy) is 1. The first-order valence-electron chi connectivity index (χ1n) is 12.6. The topological polar surface area (TPSA) is 70.2 Å². The van der Waals surface area contributed by atoms with E-state index in [1.807, 2.05) is 29.2 Å². The summed E-state index contributed by atoms with van der Waals surface area (Å²) in [5.41, 5.74) is 2.26. The Morgan fingerprint density at radius 2 is 1.54 bits per heavy atom. The molecule has 2 aromatic rings. The Morgan fingerprint density at radius 3 is 2.14 bits per heavy atom. The smallest absolute Gasteiger partial charge is 0.243 e. The molecule has 0 bridgehead atoms. The molecule has 0 aliphatic carbocycles. The molecule has 1 amide bonds. The molecule has 2 heterocycles. The lowest BCUT2D eigenvalue weighted by Crippen LogP contribution is -2.45. The van der Waals surface area contributed by atoms with Crippen LogP contribution in [0.5, 0.6) is 5.75 Å². The van der Waals surface area contributed by atoms with E-state index in [1.165, 1.54) is 4.31 Å². The van der Waals surface area contributed by atoms with Crippen molar-refractivity contribution in [2.75, 3.05) is 51.3 Å². The molecule has 8 heteroatoms. The summed E-state index contributed by atoms with van der Waals surface area (Å²) in [5, 5.41) is 0.